The highest BCUT2D eigenvalue weighted by atomic mass is 35.5. The average molecular weight is 274 g/mol. The molecule has 0 radical (unpaired) electrons. The van der Waals surface area contributed by atoms with Gasteiger partial charge in [-0.25, -0.2) is 0 Å². The molecule has 4 nitrogen and oxygen atoms in total. The van der Waals surface area contributed by atoms with Crippen LogP contribution >= 0.6 is 23.2 Å². The van der Waals surface area contributed by atoms with E-state index in [1.54, 1.807) is 6.07 Å². The molecule has 6 heteroatoms. The van der Waals surface area contributed by atoms with Gasteiger partial charge >= 0.3 is 0 Å². The highest BCUT2D eigenvalue weighted by Crippen LogP contribution is 2.38. The zero-order valence-electron chi connectivity index (χ0n) is 9.20. The van der Waals surface area contributed by atoms with E-state index in [-0.39, 0.29) is 0 Å². The normalized spacial score (nSPS) is 30.8. The van der Waals surface area contributed by atoms with Gasteiger partial charge in [-0.1, -0.05) is 23.2 Å². The summed E-state index contributed by atoms with van der Waals surface area (Å²) in [5, 5.41) is 11.4. The van der Waals surface area contributed by atoms with Crippen LogP contribution in [0.3, 0.4) is 0 Å². The molecule has 3 unspecified atom stereocenters. The summed E-state index contributed by atoms with van der Waals surface area (Å²) in [6.07, 6.45) is 4.42. The molecular formula is C11H13Cl2N3O. The Balaban J connectivity index is 1.62. The summed E-state index contributed by atoms with van der Waals surface area (Å²) >= 11 is 11.7. The first-order chi connectivity index (χ1) is 8.22. The van der Waals surface area contributed by atoms with E-state index in [9.17, 15) is 0 Å². The molecule has 0 spiro atoms. The minimum atomic E-state index is 0.348. The highest BCUT2D eigenvalue weighted by molar-refractivity contribution is 6.33. The first-order valence-corrected chi connectivity index (χ1v) is 6.56. The lowest BCUT2D eigenvalue weighted by Gasteiger charge is -2.19. The molecule has 2 aliphatic heterocycles. The van der Waals surface area contributed by atoms with Gasteiger partial charge in [0.05, 0.1) is 17.9 Å². The van der Waals surface area contributed by atoms with E-state index < -0.39 is 0 Å². The molecule has 2 fully saturated rings. The number of hydrogen-bond acceptors (Lipinski definition) is 4. The van der Waals surface area contributed by atoms with Gasteiger partial charge in [0.25, 0.3) is 0 Å². The van der Waals surface area contributed by atoms with Crippen LogP contribution in [0.2, 0.25) is 10.3 Å². The first-order valence-electron chi connectivity index (χ1n) is 5.80. The number of halogens is 2. The SMILES string of the molecule is Clc1cc(NCC2CC3CCC2O3)c(Cl)nn1. The predicted octanol–water partition coefficient (Wildman–Crippen LogP) is 2.76. The fourth-order valence-corrected chi connectivity index (χ4v) is 2.98. The largest absolute Gasteiger partial charge is 0.382 e. The van der Waals surface area contributed by atoms with Gasteiger partial charge in [-0.3, -0.25) is 0 Å². The van der Waals surface area contributed by atoms with Crippen molar-refractivity contribution in [3.8, 4) is 0 Å². The van der Waals surface area contributed by atoms with Crippen LogP contribution in [-0.4, -0.2) is 29.0 Å². The van der Waals surface area contributed by atoms with Crippen LogP contribution in [0.15, 0.2) is 6.07 Å². The molecule has 2 aliphatic rings. The van der Waals surface area contributed by atoms with Gasteiger partial charge in [0.2, 0.25) is 0 Å². The van der Waals surface area contributed by atoms with E-state index in [0.717, 1.165) is 18.7 Å². The molecule has 0 saturated carbocycles. The van der Waals surface area contributed by atoms with Crippen molar-refractivity contribution < 1.29 is 4.74 Å². The number of fused-ring (bicyclic) bond motifs is 2. The Bertz CT molecular complexity index is 429. The van der Waals surface area contributed by atoms with Crippen LogP contribution in [0.1, 0.15) is 19.3 Å². The molecule has 2 saturated heterocycles. The molecule has 0 amide bonds. The van der Waals surface area contributed by atoms with Crippen molar-refractivity contribution in [2.75, 3.05) is 11.9 Å². The summed E-state index contributed by atoms with van der Waals surface area (Å²) in [4.78, 5) is 0. The Hall–Kier alpha value is -0.580. The zero-order valence-corrected chi connectivity index (χ0v) is 10.7. The Labute approximate surface area is 110 Å². The lowest BCUT2D eigenvalue weighted by atomic mass is 9.89. The van der Waals surface area contributed by atoms with Crippen LogP contribution in [0.4, 0.5) is 5.69 Å². The number of nitrogens with one attached hydrogen (secondary N) is 1. The molecule has 3 atom stereocenters. The molecule has 1 aromatic heterocycles. The smallest absolute Gasteiger partial charge is 0.174 e. The summed E-state index contributed by atoms with van der Waals surface area (Å²) in [6.45, 7) is 0.850. The third-order valence-electron chi connectivity index (χ3n) is 3.51. The molecule has 1 aromatic rings. The van der Waals surface area contributed by atoms with E-state index >= 15 is 0 Å². The maximum absolute atomic E-state index is 5.93. The van der Waals surface area contributed by atoms with Crippen LogP contribution in [0.5, 0.6) is 0 Å². The van der Waals surface area contributed by atoms with E-state index in [1.165, 1.54) is 12.8 Å². The summed E-state index contributed by atoms with van der Waals surface area (Å²) in [6, 6.07) is 1.70. The Kier molecular flexibility index (Phi) is 3.11. The van der Waals surface area contributed by atoms with Crippen LogP contribution in [-0.2, 0) is 4.74 Å². The topological polar surface area (TPSA) is 47.0 Å². The first kappa shape index (κ1) is 11.5. The fourth-order valence-electron chi connectivity index (χ4n) is 2.68. The minimum absolute atomic E-state index is 0.348. The number of aromatic nitrogens is 2. The third-order valence-corrected chi connectivity index (χ3v) is 3.97. The molecule has 2 bridgehead atoms. The average Bonchev–Trinajstić information content (AvgIpc) is 2.92. The van der Waals surface area contributed by atoms with Crippen LogP contribution in [0.25, 0.3) is 0 Å². The number of nitrogens with zero attached hydrogens (tertiary/aromatic N) is 2. The fraction of sp³-hybridized carbons (Fsp3) is 0.636. The Morgan fingerprint density at radius 2 is 2.24 bits per heavy atom. The second kappa shape index (κ2) is 4.59. The summed E-state index contributed by atoms with van der Waals surface area (Å²) in [5.74, 6) is 0.566. The van der Waals surface area contributed by atoms with Crippen molar-refractivity contribution in [2.45, 2.75) is 31.5 Å². The number of ether oxygens (including phenoxy) is 1. The second-order valence-corrected chi connectivity index (χ2v) is 5.37. The quantitative estimate of drug-likeness (QED) is 0.920. The van der Waals surface area contributed by atoms with Crippen molar-refractivity contribution in [2.24, 2.45) is 5.92 Å². The number of anilines is 1. The molecule has 1 N–H and O–H groups in total. The van der Waals surface area contributed by atoms with Crippen molar-refractivity contribution in [1.82, 2.24) is 10.2 Å². The van der Waals surface area contributed by atoms with Crippen LogP contribution < -0.4 is 5.32 Å². The molecular weight excluding hydrogens is 261 g/mol. The predicted molar refractivity (Wildman–Crippen MR) is 66.5 cm³/mol. The molecule has 17 heavy (non-hydrogen) atoms. The van der Waals surface area contributed by atoms with Crippen molar-refractivity contribution >= 4 is 28.9 Å². The Morgan fingerprint density at radius 1 is 1.35 bits per heavy atom. The zero-order chi connectivity index (χ0) is 11.8. The van der Waals surface area contributed by atoms with Gasteiger partial charge in [0, 0.05) is 18.5 Å². The van der Waals surface area contributed by atoms with E-state index in [2.05, 4.69) is 15.5 Å². The Morgan fingerprint density at radius 3 is 2.94 bits per heavy atom. The number of rotatable bonds is 3. The summed E-state index contributed by atoms with van der Waals surface area (Å²) in [5.41, 5.74) is 0.745. The molecule has 3 heterocycles. The monoisotopic (exact) mass is 273 g/mol. The van der Waals surface area contributed by atoms with Crippen molar-refractivity contribution in [3.63, 3.8) is 0 Å². The van der Waals surface area contributed by atoms with Gasteiger partial charge < -0.3 is 10.1 Å². The van der Waals surface area contributed by atoms with Crippen molar-refractivity contribution in [1.29, 1.82) is 0 Å². The van der Waals surface area contributed by atoms with Gasteiger partial charge in [-0.2, -0.15) is 0 Å². The molecule has 3 rings (SSSR count). The molecule has 0 aromatic carbocycles. The van der Waals surface area contributed by atoms with Gasteiger partial charge in [-0.15, -0.1) is 10.2 Å². The van der Waals surface area contributed by atoms with E-state index in [1.807, 2.05) is 0 Å². The maximum Gasteiger partial charge on any atom is 0.174 e. The molecule has 92 valence electrons. The van der Waals surface area contributed by atoms with E-state index in [4.69, 9.17) is 27.9 Å². The van der Waals surface area contributed by atoms with Crippen LogP contribution in [0, 0.1) is 5.92 Å². The van der Waals surface area contributed by atoms with Gasteiger partial charge in [0.1, 0.15) is 0 Å². The van der Waals surface area contributed by atoms with Gasteiger partial charge in [0.15, 0.2) is 10.3 Å². The van der Waals surface area contributed by atoms with Gasteiger partial charge in [-0.05, 0) is 19.3 Å². The summed E-state index contributed by atoms with van der Waals surface area (Å²) < 4.78 is 5.80. The van der Waals surface area contributed by atoms with E-state index in [0.29, 0.717) is 28.4 Å². The molecule has 0 aliphatic carbocycles. The number of hydrogen-bond donors (Lipinski definition) is 1. The lowest BCUT2D eigenvalue weighted by Crippen LogP contribution is -2.24. The lowest BCUT2D eigenvalue weighted by molar-refractivity contribution is 0.0941. The highest BCUT2D eigenvalue weighted by Gasteiger charge is 2.40. The second-order valence-electron chi connectivity index (χ2n) is 4.62. The minimum Gasteiger partial charge on any atom is -0.382 e. The standard InChI is InChI=1S/C11H13Cl2N3O/c12-10-4-8(11(13)16-15-10)14-5-6-3-7-1-2-9(6)17-7/h4,6-7,9H,1-3,5H2,(H,14,15). The maximum atomic E-state index is 5.93. The van der Waals surface area contributed by atoms with Crippen molar-refractivity contribution in [3.05, 3.63) is 16.4 Å². The third kappa shape index (κ3) is 2.34. The summed E-state index contributed by atoms with van der Waals surface area (Å²) in [7, 11) is 0.